The molecule has 0 radical (unpaired) electrons. The van der Waals surface area contributed by atoms with Gasteiger partial charge in [-0.2, -0.15) is 0 Å². The molecule has 1 unspecified atom stereocenters. The molecule has 0 fully saturated rings. The van der Waals surface area contributed by atoms with Crippen molar-refractivity contribution in [1.29, 1.82) is 0 Å². The quantitative estimate of drug-likeness (QED) is 0.194. The van der Waals surface area contributed by atoms with E-state index in [-0.39, 0.29) is 10.8 Å². The van der Waals surface area contributed by atoms with Gasteiger partial charge >= 0.3 is 0 Å². The average Bonchev–Trinajstić information content (AvgIpc) is 3.45. The number of unbranched alkanes of at least 4 members (excludes halogenated alkanes) is 4. The zero-order valence-electron chi connectivity index (χ0n) is 22.1. The number of hydrogen-bond donors (Lipinski definition) is 0. The van der Waals surface area contributed by atoms with E-state index >= 15 is 0 Å². The van der Waals surface area contributed by atoms with Crippen molar-refractivity contribution in [2.45, 2.75) is 104 Å². The van der Waals surface area contributed by atoms with Gasteiger partial charge < -0.3 is 0 Å². The maximum atomic E-state index is 2.54. The van der Waals surface area contributed by atoms with Crippen molar-refractivity contribution in [3.63, 3.8) is 0 Å². The Labute approximate surface area is 215 Å². The van der Waals surface area contributed by atoms with E-state index in [0.717, 1.165) is 0 Å². The van der Waals surface area contributed by atoms with Gasteiger partial charge in [-0.1, -0.05) is 98.3 Å². The molecule has 0 spiro atoms. The normalized spacial score (nSPS) is 14.2. The number of benzene rings is 2. The molecule has 0 amide bonds. The Hall–Kier alpha value is -1.64. The summed E-state index contributed by atoms with van der Waals surface area (Å²) in [4.78, 5) is 0. The molecule has 1 atom stereocenters. The fraction of sp³-hybridized carbons (Fsp3) is 0.500. The van der Waals surface area contributed by atoms with Gasteiger partial charge in [0.15, 0.2) is 0 Å². The molecule has 2 aromatic carbocycles. The number of thiophene rings is 2. The summed E-state index contributed by atoms with van der Waals surface area (Å²) < 4.78 is 2.84. The molecule has 2 heterocycles. The van der Waals surface area contributed by atoms with Gasteiger partial charge in [-0.3, -0.25) is 0 Å². The van der Waals surface area contributed by atoms with Crippen LogP contribution in [0, 0.1) is 0 Å². The van der Waals surface area contributed by atoms with E-state index in [1.165, 1.54) is 93.8 Å². The molecule has 0 saturated heterocycles. The minimum Gasteiger partial charge on any atom is -0.143 e. The number of rotatable bonds is 10. The zero-order valence-corrected chi connectivity index (χ0v) is 23.7. The Kier molecular flexibility index (Phi) is 7.89. The summed E-state index contributed by atoms with van der Waals surface area (Å²) in [7, 11) is 0. The van der Waals surface area contributed by atoms with Crippen LogP contribution in [-0.2, 0) is 10.8 Å². The molecular formula is C32H42S2. The molecule has 0 aliphatic rings. The first-order valence-electron chi connectivity index (χ1n) is 13.3. The van der Waals surface area contributed by atoms with Crippen LogP contribution in [0.1, 0.15) is 104 Å². The van der Waals surface area contributed by atoms with E-state index in [1.54, 1.807) is 0 Å². The van der Waals surface area contributed by atoms with Crippen molar-refractivity contribution in [2.24, 2.45) is 0 Å². The maximum Gasteiger partial charge on any atom is 0.0424 e. The standard InChI is InChI=1S/C32H42S2/c1-7-9-10-11-12-19-32(6,18-8-2)23-13-16-29-26(21-23)27(22-34-29)24-14-15-28(31(3,4)5)25-17-20-33-30(24)25/h13-17,20-22H,7-12,18-19H2,1-6H3. The average molecular weight is 491 g/mol. The third-order valence-electron chi connectivity index (χ3n) is 7.62. The second-order valence-corrected chi connectivity index (χ2v) is 13.2. The molecule has 34 heavy (non-hydrogen) atoms. The Bertz CT molecular complexity index is 1230. The lowest BCUT2D eigenvalue weighted by molar-refractivity contribution is 0.376. The number of fused-ring (bicyclic) bond motifs is 2. The Morgan fingerprint density at radius 2 is 1.50 bits per heavy atom. The summed E-state index contributed by atoms with van der Waals surface area (Å²) in [5.41, 5.74) is 6.22. The fourth-order valence-corrected chi connectivity index (χ4v) is 7.52. The van der Waals surface area contributed by atoms with Crippen LogP contribution in [0.4, 0.5) is 0 Å². The molecule has 0 aliphatic heterocycles. The highest BCUT2D eigenvalue weighted by Crippen LogP contribution is 2.44. The predicted octanol–water partition coefficient (Wildman–Crippen LogP) is 11.5. The van der Waals surface area contributed by atoms with Crippen molar-refractivity contribution >= 4 is 42.8 Å². The van der Waals surface area contributed by atoms with Gasteiger partial charge in [-0.25, -0.2) is 0 Å². The minimum absolute atomic E-state index is 0.154. The van der Waals surface area contributed by atoms with Crippen LogP contribution in [0.3, 0.4) is 0 Å². The van der Waals surface area contributed by atoms with Crippen molar-refractivity contribution in [2.75, 3.05) is 0 Å². The minimum atomic E-state index is 0.154. The third kappa shape index (κ3) is 5.14. The smallest absolute Gasteiger partial charge is 0.0424 e. The molecule has 0 N–H and O–H groups in total. The summed E-state index contributed by atoms with van der Waals surface area (Å²) in [6.45, 7) is 14.1. The van der Waals surface area contributed by atoms with Gasteiger partial charge in [0, 0.05) is 25.9 Å². The zero-order chi connectivity index (χ0) is 24.3. The van der Waals surface area contributed by atoms with Gasteiger partial charge in [0.1, 0.15) is 0 Å². The van der Waals surface area contributed by atoms with Crippen LogP contribution in [0.15, 0.2) is 47.2 Å². The Morgan fingerprint density at radius 3 is 2.24 bits per heavy atom. The summed E-state index contributed by atoms with van der Waals surface area (Å²) in [5, 5.41) is 7.52. The fourth-order valence-electron chi connectivity index (χ4n) is 5.63. The van der Waals surface area contributed by atoms with E-state index in [1.807, 2.05) is 22.7 Å². The van der Waals surface area contributed by atoms with E-state index < -0.39 is 0 Å². The highest BCUT2D eigenvalue weighted by molar-refractivity contribution is 7.19. The van der Waals surface area contributed by atoms with Crippen LogP contribution in [0.5, 0.6) is 0 Å². The van der Waals surface area contributed by atoms with Crippen LogP contribution in [0.2, 0.25) is 0 Å². The molecule has 0 bridgehead atoms. The lowest BCUT2D eigenvalue weighted by Gasteiger charge is -2.30. The molecule has 4 aromatic rings. The van der Waals surface area contributed by atoms with Gasteiger partial charge in [0.2, 0.25) is 0 Å². The first-order valence-corrected chi connectivity index (χ1v) is 15.1. The highest BCUT2D eigenvalue weighted by atomic mass is 32.1. The first-order chi connectivity index (χ1) is 16.3. The van der Waals surface area contributed by atoms with Gasteiger partial charge in [-0.05, 0) is 69.1 Å². The maximum absolute atomic E-state index is 2.54. The van der Waals surface area contributed by atoms with Gasteiger partial charge in [-0.15, -0.1) is 22.7 Å². The van der Waals surface area contributed by atoms with Gasteiger partial charge in [0.05, 0.1) is 0 Å². The molecule has 0 aliphatic carbocycles. The summed E-state index contributed by atoms with van der Waals surface area (Å²) in [5.74, 6) is 0. The largest absolute Gasteiger partial charge is 0.143 e. The first kappa shape index (κ1) is 25.5. The Morgan fingerprint density at radius 1 is 0.706 bits per heavy atom. The van der Waals surface area contributed by atoms with Crippen molar-refractivity contribution in [1.82, 2.24) is 0 Å². The van der Waals surface area contributed by atoms with Crippen molar-refractivity contribution in [3.8, 4) is 11.1 Å². The molecule has 0 nitrogen and oxygen atoms in total. The molecule has 4 rings (SSSR count). The van der Waals surface area contributed by atoms with Crippen molar-refractivity contribution < 1.29 is 0 Å². The third-order valence-corrected chi connectivity index (χ3v) is 9.53. The molecular weight excluding hydrogens is 448 g/mol. The Balaban J connectivity index is 1.74. The van der Waals surface area contributed by atoms with Gasteiger partial charge in [0.25, 0.3) is 0 Å². The van der Waals surface area contributed by atoms with Crippen LogP contribution < -0.4 is 0 Å². The molecule has 2 aromatic heterocycles. The second-order valence-electron chi connectivity index (χ2n) is 11.4. The topological polar surface area (TPSA) is 0 Å². The molecule has 0 saturated carbocycles. The van der Waals surface area contributed by atoms with Crippen molar-refractivity contribution in [3.05, 3.63) is 58.3 Å². The monoisotopic (exact) mass is 490 g/mol. The SMILES string of the molecule is CCCCCCCC(C)(CCC)c1ccc2scc(-c3ccc(C(C)(C)C)c4ccsc34)c2c1. The number of hydrogen-bond acceptors (Lipinski definition) is 2. The summed E-state index contributed by atoms with van der Waals surface area (Å²) in [6, 6.07) is 14.4. The van der Waals surface area contributed by atoms with E-state index in [2.05, 4.69) is 88.7 Å². The van der Waals surface area contributed by atoms with E-state index in [9.17, 15) is 0 Å². The lowest BCUT2D eigenvalue weighted by Crippen LogP contribution is -2.21. The lowest BCUT2D eigenvalue weighted by atomic mass is 9.74. The van der Waals surface area contributed by atoms with E-state index in [0.29, 0.717) is 0 Å². The highest BCUT2D eigenvalue weighted by Gasteiger charge is 2.26. The molecule has 2 heteroatoms. The van der Waals surface area contributed by atoms with Crippen LogP contribution >= 0.6 is 22.7 Å². The van der Waals surface area contributed by atoms with Crippen LogP contribution in [-0.4, -0.2) is 0 Å². The summed E-state index contributed by atoms with van der Waals surface area (Å²) in [6.07, 6.45) is 10.6. The molecule has 182 valence electrons. The van der Waals surface area contributed by atoms with E-state index in [4.69, 9.17) is 0 Å². The summed E-state index contributed by atoms with van der Waals surface area (Å²) >= 11 is 3.78. The van der Waals surface area contributed by atoms with Crippen LogP contribution in [0.25, 0.3) is 31.3 Å². The predicted molar refractivity (Wildman–Crippen MR) is 157 cm³/mol. The second kappa shape index (κ2) is 10.5.